The number of hydrogen-bond donors (Lipinski definition) is 0. The second-order valence-electron chi connectivity index (χ2n) is 6.77. The van der Waals surface area contributed by atoms with Crippen LogP contribution in [0.2, 0.25) is 0 Å². The van der Waals surface area contributed by atoms with E-state index in [0.29, 0.717) is 6.10 Å². The van der Waals surface area contributed by atoms with Crippen LogP contribution in [0, 0.1) is 5.41 Å². The van der Waals surface area contributed by atoms with Gasteiger partial charge in [-0.15, -0.1) is 0 Å². The molecule has 1 aliphatic carbocycles. The topological polar surface area (TPSA) is 21.7 Å². The standard InChI is InChI=1S/C14H27NO2/c1-12(2)16-11-13(3,4)9-15-7-8-17-14(10-15)5-6-14/h12H,5-11H2,1-4H3. The maximum absolute atomic E-state index is 5.85. The van der Waals surface area contributed by atoms with Crippen molar-refractivity contribution in [2.24, 2.45) is 5.41 Å². The third-order valence-electron chi connectivity index (χ3n) is 3.59. The van der Waals surface area contributed by atoms with Crippen molar-refractivity contribution < 1.29 is 9.47 Å². The molecule has 2 aliphatic rings. The molecule has 0 atom stereocenters. The highest BCUT2D eigenvalue weighted by molar-refractivity contribution is 5.00. The highest BCUT2D eigenvalue weighted by Crippen LogP contribution is 2.42. The summed E-state index contributed by atoms with van der Waals surface area (Å²) < 4.78 is 11.6. The Kier molecular flexibility index (Phi) is 3.81. The largest absolute Gasteiger partial charge is 0.378 e. The third kappa shape index (κ3) is 3.94. The fourth-order valence-corrected chi connectivity index (χ4v) is 2.54. The molecule has 3 nitrogen and oxygen atoms in total. The number of nitrogens with zero attached hydrogens (tertiary/aromatic N) is 1. The van der Waals surface area contributed by atoms with E-state index in [9.17, 15) is 0 Å². The lowest BCUT2D eigenvalue weighted by atomic mass is 9.93. The first-order valence-electron chi connectivity index (χ1n) is 6.89. The molecule has 0 amide bonds. The molecule has 1 spiro atoms. The number of ether oxygens (including phenoxy) is 2. The summed E-state index contributed by atoms with van der Waals surface area (Å²) in [5.41, 5.74) is 0.477. The van der Waals surface area contributed by atoms with Gasteiger partial charge in [0.05, 0.1) is 24.9 Å². The molecule has 1 aliphatic heterocycles. The zero-order valence-corrected chi connectivity index (χ0v) is 11.8. The molecule has 0 unspecified atom stereocenters. The summed E-state index contributed by atoms with van der Waals surface area (Å²) in [5, 5.41) is 0. The number of morpholine rings is 1. The summed E-state index contributed by atoms with van der Waals surface area (Å²) in [4.78, 5) is 2.56. The summed E-state index contributed by atoms with van der Waals surface area (Å²) in [6.07, 6.45) is 2.84. The van der Waals surface area contributed by atoms with E-state index in [1.54, 1.807) is 0 Å². The van der Waals surface area contributed by atoms with Gasteiger partial charge >= 0.3 is 0 Å². The molecule has 1 heterocycles. The Morgan fingerprint density at radius 2 is 2.06 bits per heavy atom. The van der Waals surface area contributed by atoms with Crippen LogP contribution < -0.4 is 0 Å². The Hall–Kier alpha value is -0.120. The van der Waals surface area contributed by atoms with E-state index in [2.05, 4.69) is 32.6 Å². The van der Waals surface area contributed by atoms with E-state index in [1.807, 2.05) is 0 Å². The van der Waals surface area contributed by atoms with Crippen molar-refractivity contribution in [1.29, 1.82) is 0 Å². The van der Waals surface area contributed by atoms with Gasteiger partial charge in [0, 0.05) is 25.0 Å². The van der Waals surface area contributed by atoms with E-state index in [0.717, 1.165) is 32.8 Å². The van der Waals surface area contributed by atoms with Gasteiger partial charge in [-0.3, -0.25) is 4.90 Å². The van der Waals surface area contributed by atoms with Crippen LogP contribution >= 0.6 is 0 Å². The van der Waals surface area contributed by atoms with E-state index in [1.165, 1.54) is 12.8 Å². The second-order valence-corrected chi connectivity index (χ2v) is 6.77. The summed E-state index contributed by atoms with van der Waals surface area (Å²) in [7, 11) is 0. The lowest BCUT2D eigenvalue weighted by Crippen LogP contribution is -2.48. The predicted octanol–water partition coefficient (Wildman–Crippen LogP) is 2.30. The molecule has 2 fully saturated rings. The van der Waals surface area contributed by atoms with Gasteiger partial charge in [0.2, 0.25) is 0 Å². The zero-order valence-electron chi connectivity index (χ0n) is 11.8. The van der Waals surface area contributed by atoms with E-state index < -0.39 is 0 Å². The SMILES string of the molecule is CC(C)OCC(C)(C)CN1CCOC2(CC2)C1. The van der Waals surface area contributed by atoms with Crippen molar-refractivity contribution in [2.75, 3.05) is 32.8 Å². The van der Waals surface area contributed by atoms with E-state index in [-0.39, 0.29) is 11.0 Å². The molecule has 0 N–H and O–H groups in total. The van der Waals surface area contributed by atoms with Gasteiger partial charge in [-0.1, -0.05) is 13.8 Å². The fraction of sp³-hybridized carbons (Fsp3) is 1.00. The van der Waals surface area contributed by atoms with Gasteiger partial charge in [-0.25, -0.2) is 0 Å². The highest BCUT2D eigenvalue weighted by Gasteiger charge is 2.47. The molecule has 3 heteroatoms. The molecular weight excluding hydrogens is 214 g/mol. The van der Waals surface area contributed by atoms with Crippen LogP contribution in [-0.2, 0) is 9.47 Å². The lowest BCUT2D eigenvalue weighted by Gasteiger charge is -2.38. The predicted molar refractivity (Wildman–Crippen MR) is 69.2 cm³/mol. The zero-order chi connectivity index (χ0) is 12.5. The average Bonchev–Trinajstić information content (AvgIpc) is 2.94. The van der Waals surface area contributed by atoms with Crippen LogP contribution in [0.15, 0.2) is 0 Å². The van der Waals surface area contributed by atoms with E-state index in [4.69, 9.17) is 9.47 Å². The molecule has 100 valence electrons. The van der Waals surface area contributed by atoms with Crippen LogP contribution in [0.5, 0.6) is 0 Å². The molecule has 2 rings (SSSR count). The van der Waals surface area contributed by atoms with Crippen molar-refractivity contribution in [3.63, 3.8) is 0 Å². The monoisotopic (exact) mass is 241 g/mol. The van der Waals surface area contributed by atoms with Gasteiger partial charge in [-0.2, -0.15) is 0 Å². The quantitative estimate of drug-likeness (QED) is 0.737. The lowest BCUT2D eigenvalue weighted by molar-refractivity contribution is -0.0657. The van der Waals surface area contributed by atoms with Crippen molar-refractivity contribution >= 4 is 0 Å². The van der Waals surface area contributed by atoms with Gasteiger partial charge < -0.3 is 9.47 Å². The summed E-state index contributed by atoms with van der Waals surface area (Å²) >= 11 is 0. The molecule has 0 aromatic rings. The first-order chi connectivity index (χ1) is 7.91. The molecule has 1 saturated carbocycles. The summed E-state index contributed by atoms with van der Waals surface area (Å²) in [6.45, 7) is 13.9. The summed E-state index contributed by atoms with van der Waals surface area (Å²) in [6, 6.07) is 0. The molecule has 0 radical (unpaired) electrons. The van der Waals surface area contributed by atoms with Crippen LogP contribution in [0.4, 0.5) is 0 Å². The second kappa shape index (κ2) is 4.87. The first kappa shape index (κ1) is 13.3. The maximum Gasteiger partial charge on any atom is 0.0811 e. The number of hydrogen-bond acceptors (Lipinski definition) is 3. The Balaban J connectivity index is 1.78. The van der Waals surface area contributed by atoms with Crippen molar-refractivity contribution in [2.45, 2.75) is 52.2 Å². The maximum atomic E-state index is 5.85. The molecule has 0 aromatic carbocycles. The van der Waals surface area contributed by atoms with Crippen LogP contribution in [0.25, 0.3) is 0 Å². The van der Waals surface area contributed by atoms with Crippen LogP contribution in [0.1, 0.15) is 40.5 Å². The van der Waals surface area contributed by atoms with Gasteiger partial charge in [0.25, 0.3) is 0 Å². The van der Waals surface area contributed by atoms with Crippen molar-refractivity contribution in [1.82, 2.24) is 4.90 Å². The minimum Gasteiger partial charge on any atom is -0.378 e. The number of rotatable bonds is 5. The fourth-order valence-electron chi connectivity index (χ4n) is 2.54. The van der Waals surface area contributed by atoms with Crippen molar-refractivity contribution in [3.8, 4) is 0 Å². The Labute approximate surface area is 105 Å². The average molecular weight is 241 g/mol. The molecule has 17 heavy (non-hydrogen) atoms. The molecule has 0 aromatic heterocycles. The van der Waals surface area contributed by atoms with Gasteiger partial charge in [-0.05, 0) is 26.7 Å². The van der Waals surface area contributed by atoms with Crippen LogP contribution in [-0.4, -0.2) is 49.5 Å². The normalized spacial score (nSPS) is 24.5. The van der Waals surface area contributed by atoms with Gasteiger partial charge in [0.15, 0.2) is 0 Å². The van der Waals surface area contributed by atoms with Crippen molar-refractivity contribution in [3.05, 3.63) is 0 Å². The molecule has 0 bridgehead atoms. The molecule has 1 saturated heterocycles. The Morgan fingerprint density at radius 1 is 1.35 bits per heavy atom. The Bertz CT molecular complexity index is 259. The van der Waals surface area contributed by atoms with Gasteiger partial charge in [0.1, 0.15) is 0 Å². The van der Waals surface area contributed by atoms with E-state index >= 15 is 0 Å². The summed E-state index contributed by atoms with van der Waals surface area (Å²) in [5.74, 6) is 0. The minimum absolute atomic E-state index is 0.234. The highest BCUT2D eigenvalue weighted by atomic mass is 16.5. The smallest absolute Gasteiger partial charge is 0.0811 e. The third-order valence-corrected chi connectivity index (χ3v) is 3.59. The first-order valence-corrected chi connectivity index (χ1v) is 6.89. The molecular formula is C14H27NO2. The van der Waals surface area contributed by atoms with Crippen LogP contribution in [0.3, 0.4) is 0 Å². The Morgan fingerprint density at radius 3 is 2.65 bits per heavy atom. The minimum atomic E-state index is 0.234.